The molecule has 28 heavy (non-hydrogen) atoms. The zero-order valence-corrected chi connectivity index (χ0v) is 16.4. The number of carbonyl (C=O) groups is 1. The number of fused-ring (bicyclic) bond motifs is 1. The minimum absolute atomic E-state index is 0.205. The smallest absolute Gasteiger partial charge is 0.226 e. The molecule has 1 N–H and O–H groups in total. The molecule has 5 heterocycles. The van der Waals surface area contributed by atoms with Crippen molar-refractivity contribution >= 4 is 22.9 Å². The molecule has 3 saturated heterocycles. The molecular weight excluding hydrogens is 354 g/mol. The lowest BCUT2D eigenvalue weighted by Crippen LogP contribution is -2.51. The van der Waals surface area contributed by atoms with Crippen molar-refractivity contribution in [2.24, 2.45) is 5.92 Å². The Morgan fingerprint density at radius 3 is 2.61 bits per heavy atom. The van der Waals surface area contributed by atoms with E-state index in [2.05, 4.69) is 34.6 Å². The fraction of sp³-hybridized carbons (Fsp3) is 0.700. The van der Waals surface area contributed by atoms with Gasteiger partial charge < -0.3 is 14.8 Å². The molecule has 2 aromatic rings. The van der Waals surface area contributed by atoms with Crippen LogP contribution in [0.15, 0.2) is 12.7 Å². The second-order valence-corrected chi connectivity index (χ2v) is 8.38. The summed E-state index contributed by atoms with van der Waals surface area (Å²) in [5.41, 5.74) is 1.65. The van der Waals surface area contributed by atoms with E-state index in [0.29, 0.717) is 11.9 Å². The van der Waals surface area contributed by atoms with Gasteiger partial charge in [0, 0.05) is 38.8 Å². The maximum Gasteiger partial charge on any atom is 0.226 e. The highest BCUT2D eigenvalue weighted by Gasteiger charge is 2.34. The molecule has 0 radical (unpaired) electrons. The molecule has 150 valence electrons. The number of hydrogen-bond donors (Lipinski definition) is 1. The van der Waals surface area contributed by atoms with Crippen LogP contribution in [-0.2, 0) is 4.79 Å². The predicted octanol–water partition coefficient (Wildman–Crippen LogP) is 1.66. The van der Waals surface area contributed by atoms with Gasteiger partial charge in [-0.1, -0.05) is 0 Å². The van der Waals surface area contributed by atoms with Crippen molar-refractivity contribution < 1.29 is 4.79 Å². The van der Waals surface area contributed by atoms with E-state index in [-0.39, 0.29) is 5.92 Å². The van der Waals surface area contributed by atoms with Crippen LogP contribution >= 0.6 is 0 Å². The summed E-state index contributed by atoms with van der Waals surface area (Å²) in [6.07, 6.45) is 10.1. The molecule has 0 saturated carbocycles. The second kappa shape index (κ2) is 7.66. The number of anilines is 1. The highest BCUT2D eigenvalue weighted by molar-refractivity contribution is 5.82. The van der Waals surface area contributed by atoms with E-state index in [9.17, 15) is 4.79 Å². The van der Waals surface area contributed by atoms with E-state index in [1.165, 1.54) is 12.8 Å². The molecule has 8 nitrogen and oxygen atoms in total. The van der Waals surface area contributed by atoms with Gasteiger partial charge >= 0.3 is 0 Å². The van der Waals surface area contributed by atoms with Gasteiger partial charge in [-0.2, -0.15) is 0 Å². The number of aromatic amines is 1. The maximum absolute atomic E-state index is 12.8. The molecule has 1 atom stereocenters. The van der Waals surface area contributed by atoms with Crippen molar-refractivity contribution in [3.8, 4) is 0 Å². The van der Waals surface area contributed by atoms with Gasteiger partial charge in [-0.15, -0.1) is 0 Å². The van der Waals surface area contributed by atoms with Gasteiger partial charge in [0.15, 0.2) is 11.5 Å². The molecule has 3 aliphatic rings. The molecule has 0 unspecified atom stereocenters. The van der Waals surface area contributed by atoms with E-state index < -0.39 is 0 Å². The van der Waals surface area contributed by atoms with E-state index in [4.69, 9.17) is 0 Å². The summed E-state index contributed by atoms with van der Waals surface area (Å²) in [6.45, 7) is 5.97. The Kier molecular flexibility index (Phi) is 4.88. The first-order valence-corrected chi connectivity index (χ1v) is 10.7. The Morgan fingerprint density at radius 1 is 0.964 bits per heavy atom. The van der Waals surface area contributed by atoms with E-state index in [1.54, 1.807) is 12.7 Å². The lowest BCUT2D eigenvalue weighted by molar-refractivity contribution is -0.136. The third kappa shape index (κ3) is 3.34. The van der Waals surface area contributed by atoms with Crippen molar-refractivity contribution in [1.29, 1.82) is 0 Å². The summed E-state index contributed by atoms with van der Waals surface area (Å²) in [7, 11) is 0. The number of aromatic nitrogens is 4. The Hall–Kier alpha value is -2.22. The van der Waals surface area contributed by atoms with Gasteiger partial charge in [0.05, 0.1) is 12.2 Å². The lowest BCUT2D eigenvalue weighted by atomic mass is 9.93. The van der Waals surface area contributed by atoms with Crippen LogP contribution in [0.5, 0.6) is 0 Å². The highest BCUT2D eigenvalue weighted by Crippen LogP contribution is 2.28. The average Bonchev–Trinajstić information content (AvgIpc) is 3.45. The number of carbonyl (C=O) groups excluding carboxylic acids is 1. The number of piperidine rings is 2. The molecule has 0 bridgehead atoms. The molecule has 0 aliphatic carbocycles. The molecule has 0 spiro atoms. The summed E-state index contributed by atoms with van der Waals surface area (Å²) in [6, 6.07) is 0.574. The maximum atomic E-state index is 12.8. The van der Waals surface area contributed by atoms with Gasteiger partial charge in [0.2, 0.25) is 5.91 Å². The lowest BCUT2D eigenvalue weighted by Gasteiger charge is -2.42. The number of imidazole rings is 1. The largest absolute Gasteiger partial charge is 0.355 e. The summed E-state index contributed by atoms with van der Waals surface area (Å²) in [5.74, 6) is 1.57. The molecule has 8 heteroatoms. The molecule has 5 rings (SSSR count). The number of hydrogen-bond acceptors (Lipinski definition) is 6. The Bertz CT molecular complexity index is 823. The van der Waals surface area contributed by atoms with E-state index >= 15 is 0 Å². The van der Waals surface area contributed by atoms with Crippen molar-refractivity contribution in [3.05, 3.63) is 12.7 Å². The third-order valence-electron chi connectivity index (χ3n) is 6.70. The van der Waals surface area contributed by atoms with Crippen molar-refractivity contribution in [2.75, 3.05) is 44.2 Å². The second-order valence-electron chi connectivity index (χ2n) is 8.38. The number of H-pyrrole nitrogens is 1. The number of rotatable bonds is 3. The Balaban J connectivity index is 1.20. The predicted molar refractivity (Wildman–Crippen MR) is 107 cm³/mol. The van der Waals surface area contributed by atoms with E-state index in [1.807, 2.05) is 0 Å². The first kappa shape index (κ1) is 17.8. The van der Waals surface area contributed by atoms with Crippen LogP contribution in [0.1, 0.15) is 38.5 Å². The van der Waals surface area contributed by atoms with Crippen molar-refractivity contribution in [2.45, 2.75) is 44.6 Å². The van der Waals surface area contributed by atoms with Gasteiger partial charge in [0.1, 0.15) is 11.8 Å². The van der Waals surface area contributed by atoms with Crippen molar-refractivity contribution in [3.63, 3.8) is 0 Å². The van der Waals surface area contributed by atoms with Gasteiger partial charge in [-0.3, -0.25) is 9.69 Å². The fourth-order valence-corrected chi connectivity index (χ4v) is 5.17. The highest BCUT2D eigenvalue weighted by atomic mass is 16.2. The number of amides is 1. The first-order valence-electron chi connectivity index (χ1n) is 10.7. The van der Waals surface area contributed by atoms with Crippen LogP contribution in [0.3, 0.4) is 0 Å². The standard InChI is InChI=1S/C20H29N7O/c28-20(26-7-1-2-8-26)15-4-3-9-27(12-15)16-5-10-25(11-6-16)19-17-18(22-13-21-17)23-14-24-19/h13-16H,1-12H2,(H,21,22,23,24)/t15-/m0/s1. The van der Waals surface area contributed by atoms with Crippen LogP contribution in [-0.4, -0.2) is 81.0 Å². The van der Waals surface area contributed by atoms with Crippen LogP contribution < -0.4 is 4.90 Å². The molecular formula is C20H29N7O. The monoisotopic (exact) mass is 383 g/mol. The van der Waals surface area contributed by atoms with Crippen molar-refractivity contribution in [1.82, 2.24) is 29.7 Å². The number of nitrogens with zero attached hydrogens (tertiary/aromatic N) is 6. The molecule has 0 aromatic carbocycles. The third-order valence-corrected chi connectivity index (χ3v) is 6.70. The minimum atomic E-state index is 0.205. The summed E-state index contributed by atoms with van der Waals surface area (Å²) < 4.78 is 0. The van der Waals surface area contributed by atoms with E-state index in [0.717, 1.165) is 81.9 Å². The minimum Gasteiger partial charge on any atom is -0.355 e. The number of likely N-dealkylation sites (tertiary alicyclic amines) is 2. The first-order chi connectivity index (χ1) is 13.8. The van der Waals surface area contributed by atoms with Gasteiger partial charge in [0.25, 0.3) is 0 Å². The molecule has 1 amide bonds. The topological polar surface area (TPSA) is 81.2 Å². The van der Waals surface area contributed by atoms with Crippen LogP contribution in [0, 0.1) is 5.92 Å². The van der Waals surface area contributed by atoms with Gasteiger partial charge in [-0.05, 0) is 45.1 Å². The van der Waals surface area contributed by atoms with Gasteiger partial charge in [-0.25, -0.2) is 15.0 Å². The van der Waals surface area contributed by atoms with Crippen LogP contribution in [0.2, 0.25) is 0 Å². The molecule has 3 fully saturated rings. The quantitative estimate of drug-likeness (QED) is 0.868. The SMILES string of the molecule is O=C([C@H]1CCCN(C2CCN(c3ncnc4nc[nH]c34)CC2)C1)N1CCCC1. The van der Waals surface area contributed by atoms with Crippen LogP contribution in [0.4, 0.5) is 5.82 Å². The average molecular weight is 384 g/mol. The number of nitrogens with one attached hydrogen (secondary N) is 1. The zero-order chi connectivity index (χ0) is 18.9. The summed E-state index contributed by atoms with van der Waals surface area (Å²) in [5, 5.41) is 0. The fourth-order valence-electron chi connectivity index (χ4n) is 5.17. The normalized spacial score (nSPS) is 24.9. The summed E-state index contributed by atoms with van der Waals surface area (Å²) in [4.78, 5) is 36.0. The molecule has 2 aromatic heterocycles. The molecule has 3 aliphatic heterocycles. The Morgan fingerprint density at radius 2 is 1.79 bits per heavy atom. The Labute approximate surface area is 165 Å². The zero-order valence-electron chi connectivity index (χ0n) is 16.4. The van der Waals surface area contributed by atoms with Crippen LogP contribution in [0.25, 0.3) is 11.2 Å². The summed E-state index contributed by atoms with van der Waals surface area (Å²) >= 11 is 0.